The topological polar surface area (TPSA) is 201 Å². The van der Waals surface area contributed by atoms with Crippen LogP contribution >= 0.6 is 0 Å². The van der Waals surface area contributed by atoms with Crippen LogP contribution in [0.5, 0.6) is 0 Å². The Morgan fingerprint density at radius 1 is 0.483 bits per heavy atom. The molecule has 306 valence electrons. The van der Waals surface area contributed by atoms with Crippen molar-refractivity contribution in [3.05, 3.63) is 192 Å². The highest BCUT2D eigenvalue weighted by atomic mass is 16.6. The van der Waals surface area contributed by atoms with Crippen molar-refractivity contribution >= 4 is 35.4 Å². The molecule has 0 aliphatic rings. The summed E-state index contributed by atoms with van der Waals surface area (Å²) in [6.07, 6.45) is -1.56. The van der Waals surface area contributed by atoms with Crippen LogP contribution in [0.1, 0.15) is 43.2 Å². The van der Waals surface area contributed by atoms with Crippen LogP contribution in [0.25, 0.3) is 0 Å². The van der Waals surface area contributed by atoms with Crippen LogP contribution in [0.3, 0.4) is 0 Å². The van der Waals surface area contributed by atoms with Gasteiger partial charge in [-0.25, -0.2) is 9.59 Å². The summed E-state index contributed by atoms with van der Waals surface area (Å²) in [6.45, 7) is -0.182. The lowest BCUT2D eigenvalue weighted by Gasteiger charge is -2.33. The van der Waals surface area contributed by atoms with Crippen LogP contribution in [0.2, 0.25) is 0 Å². The maximum atomic E-state index is 14.0. The molecular formula is C46H44N6O8. The number of ether oxygens (including phenoxy) is 2. The van der Waals surface area contributed by atoms with Gasteiger partial charge in [0.25, 0.3) is 11.8 Å². The molecule has 14 heteroatoms. The molecule has 60 heavy (non-hydrogen) atoms. The van der Waals surface area contributed by atoms with Crippen molar-refractivity contribution in [1.82, 2.24) is 20.6 Å². The van der Waals surface area contributed by atoms with Gasteiger partial charge in [0.1, 0.15) is 25.4 Å². The Morgan fingerprint density at radius 3 is 1.23 bits per heavy atom. The predicted octanol–water partition coefficient (Wildman–Crippen LogP) is 6.08. The lowest BCUT2D eigenvalue weighted by molar-refractivity contribution is -0.0219. The smallest absolute Gasteiger partial charge is 0.412 e. The van der Waals surface area contributed by atoms with E-state index < -0.39 is 48.3 Å². The highest BCUT2D eigenvalue weighted by molar-refractivity contribution is 6.03. The first-order valence-corrected chi connectivity index (χ1v) is 19.1. The van der Waals surface area contributed by atoms with Crippen molar-refractivity contribution in [2.75, 3.05) is 10.6 Å². The van der Waals surface area contributed by atoms with Gasteiger partial charge in [-0.2, -0.15) is 0 Å². The maximum Gasteiger partial charge on any atom is 0.412 e. The minimum absolute atomic E-state index is 0.0730. The average molecular weight is 809 g/mol. The van der Waals surface area contributed by atoms with Crippen LogP contribution in [-0.4, -0.2) is 68.5 Å². The van der Waals surface area contributed by atoms with E-state index in [1.165, 1.54) is 24.3 Å². The van der Waals surface area contributed by atoms with Crippen molar-refractivity contribution < 1.29 is 38.9 Å². The summed E-state index contributed by atoms with van der Waals surface area (Å²) in [5.41, 5.74) is 3.01. The molecule has 0 fully saturated rings. The predicted molar refractivity (Wildman–Crippen MR) is 224 cm³/mol. The number of carbonyl (C=O) groups is 4. The summed E-state index contributed by atoms with van der Waals surface area (Å²) >= 11 is 0. The third-order valence-corrected chi connectivity index (χ3v) is 9.38. The molecule has 6 rings (SSSR count). The zero-order valence-corrected chi connectivity index (χ0v) is 32.4. The summed E-state index contributed by atoms with van der Waals surface area (Å²) in [4.78, 5) is 61.8. The first kappa shape index (κ1) is 42.2. The number of aliphatic hydroxyl groups excluding tert-OH is 2. The molecule has 0 bridgehead atoms. The molecule has 0 saturated heterocycles. The van der Waals surface area contributed by atoms with E-state index in [-0.39, 0.29) is 48.6 Å². The van der Waals surface area contributed by atoms with Gasteiger partial charge in [0.2, 0.25) is 0 Å². The highest BCUT2D eigenvalue weighted by Gasteiger charge is 2.35. The van der Waals surface area contributed by atoms with Gasteiger partial charge in [-0.3, -0.25) is 30.2 Å². The quantitative estimate of drug-likeness (QED) is 0.0628. The minimum atomic E-state index is -1.64. The Labute approximate surface area is 346 Å². The van der Waals surface area contributed by atoms with Crippen molar-refractivity contribution in [3.8, 4) is 0 Å². The van der Waals surface area contributed by atoms with E-state index in [9.17, 15) is 29.4 Å². The van der Waals surface area contributed by atoms with Gasteiger partial charge >= 0.3 is 12.2 Å². The molecule has 0 spiro atoms. The number of hydrogen-bond acceptors (Lipinski definition) is 10. The molecule has 0 radical (unpaired) electrons. The standard InChI is InChI=1S/C46H44N6O8/c53-41(39(27-31-15-3-1-4-16-31)49-43(55)35-21-7-9-23-37(35)51-45(57)59-29-33-19-11-13-25-47-33)42(54)40(28-32-17-5-2-6-18-32)50-44(56)36-22-8-10-24-38(36)52-46(58)60-30-34-20-12-14-26-48-34/h1-26,39-42,53-54H,27-30H2,(H,49,55)(H,50,56)(H,51,57)(H,52,58). The lowest BCUT2D eigenvalue weighted by atomic mass is 9.90. The van der Waals surface area contributed by atoms with Gasteiger partial charge in [0, 0.05) is 12.4 Å². The Bertz CT molecular complexity index is 2160. The molecule has 4 unspecified atom stereocenters. The Kier molecular flexibility index (Phi) is 15.0. The number of rotatable bonds is 17. The van der Waals surface area contributed by atoms with E-state index in [2.05, 4.69) is 31.2 Å². The maximum absolute atomic E-state index is 14.0. The molecule has 0 saturated carbocycles. The zero-order chi connectivity index (χ0) is 42.1. The number of aromatic nitrogens is 2. The number of amides is 4. The van der Waals surface area contributed by atoms with E-state index in [0.717, 1.165) is 11.1 Å². The second-order valence-corrected chi connectivity index (χ2v) is 13.7. The second-order valence-electron chi connectivity index (χ2n) is 13.7. The second kappa shape index (κ2) is 21.4. The van der Waals surface area contributed by atoms with Gasteiger partial charge in [-0.15, -0.1) is 0 Å². The minimum Gasteiger partial charge on any atom is -0.443 e. The van der Waals surface area contributed by atoms with Gasteiger partial charge in [-0.1, -0.05) is 97.1 Å². The Morgan fingerprint density at radius 2 is 0.850 bits per heavy atom. The first-order valence-electron chi connectivity index (χ1n) is 19.1. The molecule has 14 nitrogen and oxygen atoms in total. The zero-order valence-electron chi connectivity index (χ0n) is 32.4. The molecule has 6 aromatic rings. The van der Waals surface area contributed by atoms with Crippen LogP contribution in [0, 0.1) is 0 Å². The van der Waals surface area contributed by atoms with E-state index in [0.29, 0.717) is 11.4 Å². The van der Waals surface area contributed by atoms with Crippen molar-refractivity contribution in [3.63, 3.8) is 0 Å². The number of hydrogen-bond donors (Lipinski definition) is 6. The van der Waals surface area contributed by atoms with Gasteiger partial charge < -0.3 is 30.3 Å². The van der Waals surface area contributed by atoms with Crippen LogP contribution in [0.15, 0.2) is 158 Å². The molecule has 4 aromatic carbocycles. The van der Waals surface area contributed by atoms with Crippen molar-refractivity contribution in [2.45, 2.75) is 50.3 Å². The van der Waals surface area contributed by atoms with Crippen LogP contribution in [-0.2, 0) is 35.5 Å². The number of para-hydroxylation sites is 2. The number of nitrogens with one attached hydrogen (secondary N) is 4. The molecule has 0 aliphatic carbocycles. The number of anilines is 2. The summed E-state index contributed by atoms with van der Waals surface area (Å²) in [5.74, 6) is -1.30. The SMILES string of the molecule is O=C(Nc1ccccc1C(=O)NC(Cc1ccccc1)C(O)C(O)C(Cc1ccccc1)NC(=O)c1ccccc1NC(=O)OCc1ccccn1)OCc1ccccn1. The third-order valence-electron chi connectivity index (χ3n) is 9.38. The summed E-state index contributed by atoms with van der Waals surface area (Å²) in [6, 6.07) is 39.0. The van der Waals surface area contributed by atoms with E-state index in [1.54, 1.807) is 73.1 Å². The molecular weight excluding hydrogens is 765 g/mol. The molecule has 0 aliphatic heterocycles. The van der Waals surface area contributed by atoms with E-state index >= 15 is 0 Å². The van der Waals surface area contributed by atoms with E-state index in [1.807, 2.05) is 60.7 Å². The largest absolute Gasteiger partial charge is 0.443 e. The summed E-state index contributed by atoms with van der Waals surface area (Å²) in [5, 5.41) is 34.9. The third kappa shape index (κ3) is 12.3. The van der Waals surface area contributed by atoms with E-state index in [4.69, 9.17) is 9.47 Å². The number of nitrogens with zero attached hydrogens (tertiary/aromatic N) is 2. The van der Waals surface area contributed by atoms with Crippen LogP contribution < -0.4 is 21.3 Å². The number of carbonyl (C=O) groups excluding carboxylic acids is 4. The molecule has 6 N–H and O–H groups in total. The normalized spacial score (nSPS) is 12.8. The molecule has 4 atom stereocenters. The fourth-order valence-electron chi connectivity index (χ4n) is 6.34. The molecule has 2 heterocycles. The monoisotopic (exact) mass is 808 g/mol. The van der Waals surface area contributed by atoms with Gasteiger partial charge in [0.05, 0.1) is 46.0 Å². The fourth-order valence-corrected chi connectivity index (χ4v) is 6.34. The molecule has 4 amide bonds. The first-order chi connectivity index (χ1) is 29.2. The number of aliphatic hydroxyl groups is 2. The van der Waals surface area contributed by atoms with Crippen molar-refractivity contribution in [1.29, 1.82) is 0 Å². The fraction of sp³-hybridized carbons (Fsp3) is 0.174. The lowest BCUT2D eigenvalue weighted by Crippen LogP contribution is -2.57. The summed E-state index contributed by atoms with van der Waals surface area (Å²) in [7, 11) is 0. The summed E-state index contributed by atoms with van der Waals surface area (Å²) < 4.78 is 10.6. The number of benzene rings is 4. The van der Waals surface area contributed by atoms with Crippen LogP contribution in [0.4, 0.5) is 21.0 Å². The van der Waals surface area contributed by atoms with Gasteiger partial charge in [-0.05, 0) is 72.5 Å². The Hall–Kier alpha value is -7.42. The Balaban J connectivity index is 1.20. The highest BCUT2D eigenvalue weighted by Crippen LogP contribution is 2.21. The molecule has 2 aromatic heterocycles. The average Bonchev–Trinajstić information content (AvgIpc) is 3.28. The van der Waals surface area contributed by atoms with Crippen molar-refractivity contribution in [2.24, 2.45) is 0 Å². The number of pyridine rings is 2. The van der Waals surface area contributed by atoms with Gasteiger partial charge in [0.15, 0.2) is 0 Å².